The van der Waals surface area contributed by atoms with Gasteiger partial charge >= 0.3 is 0 Å². The fraction of sp³-hybridized carbons (Fsp3) is 1.00. The standard InChI is InChI=1S/C6H14O2/c1-6(8-3)4-5-7-2/h6H,4-5H2,1-3H3/t6-/m1/s1. The van der Waals surface area contributed by atoms with Gasteiger partial charge in [-0.3, -0.25) is 0 Å². The Morgan fingerprint density at radius 3 is 2.38 bits per heavy atom. The second kappa shape index (κ2) is 5.06. The van der Waals surface area contributed by atoms with Crippen molar-refractivity contribution in [1.29, 1.82) is 0 Å². The van der Waals surface area contributed by atoms with Crippen LogP contribution in [-0.2, 0) is 9.47 Å². The van der Waals surface area contributed by atoms with Crippen LogP contribution in [0.15, 0.2) is 0 Å². The smallest absolute Gasteiger partial charge is 0.0565 e. The van der Waals surface area contributed by atoms with Crippen LogP contribution in [0.5, 0.6) is 0 Å². The van der Waals surface area contributed by atoms with Crippen LogP contribution in [0.1, 0.15) is 13.3 Å². The highest BCUT2D eigenvalue weighted by atomic mass is 16.5. The molecule has 0 unspecified atom stereocenters. The molecular weight excluding hydrogens is 104 g/mol. The Morgan fingerprint density at radius 1 is 1.38 bits per heavy atom. The summed E-state index contributed by atoms with van der Waals surface area (Å²) >= 11 is 0. The second-order valence-corrected chi connectivity index (χ2v) is 1.83. The van der Waals surface area contributed by atoms with Crippen LogP contribution >= 0.6 is 0 Å². The molecule has 50 valence electrons. The van der Waals surface area contributed by atoms with Gasteiger partial charge in [-0.15, -0.1) is 0 Å². The molecule has 0 amide bonds. The third kappa shape index (κ3) is 4.09. The van der Waals surface area contributed by atoms with E-state index >= 15 is 0 Å². The highest BCUT2D eigenvalue weighted by molar-refractivity contribution is 4.45. The van der Waals surface area contributed by atoms with Crippen LogP contribution < -0.4 is 0 Å². The monoisotopic (exact) mass is 118 g/mol. The van der Waals surface area contributed by atoms with E-state index in [0.29, 0.717) is 6.10 Å². The summed E-state index contributed by atoms with van der Waals surface area (Å²) in [7, 11) is 3.41. The number of hydrogen-bond donors (Lipinski definition) is 0. The van der Waals surface area contributed by atoms with Crippen LogP contribution in [0.3, 0.4) is 0 Å². The lowest BCUT2D eigenvalue weighted by molar-refractivity contribution is 0.0789. The Balaban J connectivity index is 2.86. The van der Waals surface area contributed by atoms with Crippen LogP contribution in [0.4, 0.5) is 0 Å². The summed E-state index contributed by atoms with van der Waals surface area (Å²) in [6, 6.07) is 0. The van der Waals surface area contributed by atoms with Crippen LogP contribution in [0, 0.1) is 0 Å². The van der Waals surface area contributed by atoms with Gasteiger partial charge in [0.2, 0.25) is 0 Å². The lowest BCUT2D eigenvalue weighted by atomic mass is 10.3. The van der Waals surface area contributed by atoms with Gasteiger partial charge in [0.15, 0.2) is 0 Å². The Kier molecular flexibility index (Phi) is 5.01. The molecule has 8 heavy (non-hydrogen) atoms. The number of hydrogen-bond acceptors (Lipinski definition) is 2. The zero-order valence-electron chi connectivity index (χ0n) is 5.81. The van der Waals surface area contributed by atoms with Gasteiger partial charge in [0, 0.05) is 20.8 Å². The first kappa shape index (κ1) is 7.92. The first-order valence-electron chi connectivity index (χ1n) is 2.83. The molecule has 0 aliphatic rings. The molecule has 2 heteroatoms. The van der Waals surface area contributed by atoms with E-state index in [4.69, 9.17) is 9.47 Å². The van der Waals surface area contributed by atoms with Crippen LogP contribution in [0.2, 0.25) is 0 Å². The van der Waals surface area contributed by atoms with E-state index in [0.717, 1.165) is 13.0 Å². The fourth-order valence-corrected chi connectivity index (χ4v) is 0.402. The van der Waals surface area contributed by atoms with Crippen molar-refractivity contribution in [3.05, 3.63) is 0 Å². The van der Waals surface area contributed by atoms with E-state index in [9.17, 15) is 0 Å². The van der Waals surface area contributed by atoms with Gasteiger partial charge in [0.05, 0.1) is 6.10 Å². The maximum atomic E-state index is 4.97. The maximum Gasteiger partial charge on any atom is 0.0565 e. The molecule has 1 atom stereocenters. The zero-order valence-corrected chi connectivity index (χ0v) is 5.81. The Morgan fingerprint density at radius 2 is 2.00 bits per heavy atom. The lowest BCUT2D eigenvalue weighted by Crippen LogP contribution is -2.07. The maximum absolute atomic E-state index is 4.97. The first-order chi connectivity index (χ1) is 3.81. The zero-order chi connectivity index (χ0) is 6.41. The number of ether oxygens (including phenoxy) is 2. The molecule has 0 aromatic rings. The summed E-state index contributed by atoms with van der Waals surface area (Å²) in [6.07, 6.45) is 1.31. The Bertz CT molecular complexity index is 45.8. The van der Waals surface area contributed by atoms with Gasteiger partial charge in [-0.2, -0.15) is 0 Å². The van der Waals surface area contributed by atoms with Crippen molar-refractivity contribution in [2.45, 2.75) is 19.4 Å². The van der Waals surface area contributed by atoms with E-state index in [2.05, 4.69) is 0 Å². The van der Waals surface area contributed by atoms with Crippen molar-refractivity contribution in [1.82, 2.24) is 0 Å². The Hall–Kier alpha value is -0.0800. The molecule has 0 aliphatic carbocycles. The number of methoxy groups -OCH3 is 2. The van der Waals surface area contributed by atoms with Gasteiger partial charge in [0.25, 0.3) is 0 Å². The molecule has 0 spiro atoms. The van der Waals surface area contributed by atoms with Crippen molar-refractivity contribution in [3.63, 3.8) is 0 Å². The van der Waals surface area contributed by atoms with Gasteiger partial charge in [0.1, 0.15) is 0 Å². The van der Waals surface area contributed by atoms with Gasteiger partial charge in [-0.1, -0.05) is 0 Å². The van der Waals surface area contributed by atoms with Gasteiger partial charge in [-0.05, 0) is 13.3 Å². The highest BCUT2D eigenvalue weighted by Gasteiger charge is 1.95. The predicted molar refractivity (Wildman–Crippen MR) is 33.0 cm³/mol. The topological polar surface area (TPSA) is 18.5 Å². The third-order valence-corrected chi connectivity index (χ3v) is 1.13. The van der Waals surface area contributed by atoms with Crippen molar-refractivity contribution in [2.75, 3.05) is 20.8 Å². The molecular formula is C6H14O2. The molecule has 0 saturated carbocycles. The van der Waals surface area contributed by atoms with E-state index in [1.54, 1.807) is 14.2 Å². The first-order valence-corrected chi connectivity index (χ1v) is 2.83. The lowest BCUT2D eigenvalue weighted by Gasteiger charge is -2.06. The molecule has 0 aromatic carbocycles. The molecule has 0 radical (unpaired) electrons. The van der Waals surface area contributed by atoms with E-state index in [1.807, 2.05) is 6.92 Å². The van der Waals surface area contributed by atoms with Gasteiger partial charge < -0.3 is 9.47 Å². The van der Waals surface area contributed by atoms with Crippen LogP contribution in [0.25, 0.3) is 0 Å². The normalized spacial score (nSPS) is 13.9. The Labute approximate surface area is 50.8 Å². The summed E-state index contributed by atoms with van der Waals surface area (Å²) < 4.78 is 9.81. The summed E-state index contributed by atoms with van der Waals surface area (Å²) in [5.41, 5.74) is 0. The van der Waals surface area contributed by atoms with E-state index in [-0.39, 0.29) is 0 Å². The van der Waals surface area contributed by atoms with Gasteiger partial charge in [-0.25, -0.2) is 0 Å². The van der Waals surface area contributed by atoms with E-state index in [1.165, 1.54) is 0 Å². The van der Waals surface area contributed by atoms with Crippen molar-refractivity contribution >= 4 is 0 Å². The number of rotatable bonds is 4. The van der Waals surface area contributed by atoms with Crippen molar-refractivity contribution < 1.29 is 9.47 Å². The average molecular weight is 118 g/mol. The third-order valence-electron chi connectivity index (χ3n) is 1.13. The van der Waals surface area contributed by atoms with Crippen LogP contribution in [-0.4, -0.2) is 26.9 Å². The second-order valence-electron chi connectivity index (χ2n) is 1.83. The molecule has 0 N–H and O–H groups in total. The van der Waals surface area contributed by atoms with E-state index < -0.39 is 0 Å². The SMILES string of the molecule is COCC[C@@H](C)OC. The minimum absolute atomic E-state index is 0.329. The summed E-state index contributed by atoms with van der Waals surface area (Å²) in [5.74, 6) is 0. The molecule has 0 rings (SSSR count). The quantitative estimate of drug-likeness (QED) is 0.549. The fourth-order valence-electron chi connectivity index (χ4n) is 0.402. The molecule has 0 fully saturated rings. The summed E-state index contributed by atoms with van der Waals surface area (Å²) in [5, 5.41) is 0. The molecule has 0 aromatic heterocycles. The minimum Gasteiger partial charge on any atom is -0.385 e. The molecule has 2 nitrogen and oxygen atoms in total. The van der Waals surface area contributed by atoms with Crippen molar-refractivity contribution in [2.24, 2.45) is 0 Å². The molecule has 0 aliphatic heterocycles. The predicted octanol–water partition coefficient (Wildman–Crippen LogP) is 1.06. The molecule has 0 saturated heterocycles. The average Bonchev–Trinajstić information content (AvgIpc) is 1.83. The van der Waals surface area contributed by atoms with Crippen molar-refractivity contribution in [3.8, 4) is 0 Å². The highest BCUT2D eigenvalue weighted by Crippen LogP contribution is 1.93. The molecule has 0 heterocycles. The largest absolute Gasteiger partial charge is 0.385 e. The minimum atomic E-state index is 0.329. The summed E-state index contributed by atoms with van der Waals surface area (Å²) in [6.45, 7) is 2.81. The summed E-state index contributed by atoms with van der Waals surface area (Å²) in [4.78, 5) is 0. The molecule has 0 bridgehead atoms.